The van der Waals surface area contributed by atoms with Gasteiger partial charge in [-0.2, -0.15) is 0 Å². The van der Waals surface area contributed by atoms with Gasteiger partial charge in [-0.3, -0.25) is 4.79 Å². The topological polar surface area (TPSA) is 29.1 Å². The Labute approximate surface area is 100 Å². The van der Waals surface area contributed by atoms with Gasteiger partial charge in [0.15, 0.2) is 0 Å². The quantitative estimate of drug-likeness (QED) is 0.866. The molecule has 0 bridgehead atoms. The number of hydrogen-bond donors (Lipinski definition) is 1. The van der Waals surface area contributed by atoms with Crippen LogP contribution in [0.25, 0.3) is 0 Å². The highest BCUT2D eigenvalue weighted by molar-refractivity contribution is 5.96. The third-order valence-corrected chi connectivity index (χ3v) is 2.12. The summed E-state index contributed by atoms with van der Waals surface area (Å²) in [6.07, 6.45) is -2.84. The highest BCUT2D eigenvalue weighted by Gasteiger charge is 2.18. The van der Waals surface area contributed by atoms with Crippen molar-refractivity contribution in [1.29, 1.82) is 0 Å². The SMILES string of the molecule is CC(C)(C)NC(=O)c1ccccc1CC(F)F. The van der Waals surface area contributed by atoms with E-state index in [0.717, 1.165) is 0 Å². The second-order valence-electron chi connectivity index (χ2n) is 4.96. The largest absolute Gasteiger partial charge is 0.347 e. The Morgan fingerprint density at radius 2 is 1.88 bits per heavy atom. The molecular formula is C13H17F2NO. The average molecular weight is 241 g/mol. The Morgan fingerprint density at radius 1 is 1.29 bits per heavy atom. The minimum absolute atomic E-state index is 0.311. The van der Waals surface area contributed by atoms with Gasteiger partial charge in [0.2, 0.25) is 6.43 Å². The summed E-state index contributed by atoms with van der Waals surface area (Å²) < 4.78 is 24.7. The Hall–Kier alpha value is -1.45. The van der Waals surface area contributed by atoms with E-state index in [0.29, 0.717) is 11.1 Å². The van der Waals surface area contributed by atoms with Crippen LogP contribution in [0.1, 0.15) is 36.7 Å². The number of carbonyl (C=O) groups excluding carboxylic acids is 1. The monoisotopic (exact) mass is 241 g/mol. The molecule has 1 rings (SSSR count). The maximum atomic E-state index is 12.4. The van der Waals surface area contributed by atoms with E-state index in [1.807, 2.05) is 20.8 Å². The molecule has 4 heteroatoms. The molecule has 94 valence electrons. The van der Waals surface area contributed by atoms with E-state index in [9.17, 15) is 13.6 Å². The number of amides is 1. The van der Waals surface area contributed by atoms with Gasteiger partial charge in [0, 0.05) is 17.5 Å². The molecule has 17 heavy (non-hydrogen) atoms. The minimum atomic E-state index is -2.45. The number of nitrogens with one attached hydrogen (secondary N) is 1. The first kappa shape index (κ1) is 13.6. The first-order valence-electron chi connectivity index (χ1n) is 5.48. The zero-order valence-corrected chi connectivity index (χ0v) is 10.3. The molecule has 0 aromatic heterocycles. The molecular weight excluding hydrogens is 224 g/mol. The molecule has 0 aliphatic carbocycles. The third kappa shape index (κ3) is 4.51. The van der Waals surface area contributed by atoms with Gasteiger partial charge in [-0.05, 0) is 32.4 Å². The van der Waals surface area contributed by atoms with Crippen molar-refractivity contribution in [2.24, 2.45) is 0 Å². The fraction of sp³-hybridized carbons (Fsp3) is 0.462. The molecule has 0 saturated heterocycles. The predicted molar refractivity (Wildman–Crippen MR) is 63.4 cm³/mol. The van der Waals surface area contributed by atoms with Gasteiger partial charge in [-0.15, -0.1) is 0 Å². The summed E-state index contributed by atoms with van der Waals surface area (Å²) in [5, 5.41) is 2.77. The lowest BCUT2D eigenvalue weighted by atomic mass is 10.0. The molecule has 0 fully saturated rings. The summed E-state index contributed by atoms with van der Waals surface area (Å²) >= 11 is 0. The highest BCUT2D eigenvalue weighted by Crippen LogP contribution is 2.14. The maximum Gasteiger partial charge on any atom is 0.251 e. The van der Waals surface area contributed by atoms with Crippen LogP contribution >= 0.6 is 0 Å². The number of alkyl halides is 2. The maximum absolute atomic E-state index is 12.4. The molecule has 0 aliphatic heterocycles. The van der Waals surface area contributed by atoms with Crippen molar-refractivity contribution in [3.05, 3.63) is 35.4 Å². The van der Waals surface area contributed by atoms with Gasteiger partial charge >= 0.3 is 0 Å². The van der Waals surface area contributed by atoms with Crippen molar-refractivity contribution in [3.63, 3.8) is 0 Å². The standard InChI is InChI=1S/C13H17F2NO/c1-13(2,3)16-12(17)10-7-5-4-6-9(10)8-11(14)15/h4-7,11H,8H2,1-3H3,(H,16,17). The van der Waals surface area contributed by atoms with Gasteiger partial charge < -0.3 is 5.32 Å². The van der Waals surface area contributed by atoms with E-state index in [4.69, 9.17) is 0 Å². The van der Waals surface area contributed by atoms with Gasteiger partial charge in [0.1, 0.15) is 0 Å². The van der Waals surface area contributed by atoms with Crippen LogP contribution in [0.3, 0.4) is 0 Å². The lowest BCUT2D eigenvalue weighted by Crippen LogP contribution is -2.41. The lowest BCUT2D eigenvalue weighted by molar-refractivity contribution is 0.0917. The van der Waals surface area contributed by atoms with Crippen molar-refractivity contribution in [2.45, 2.75) is 39.2 Å². The second-order valence-corrected chi connectivity index (χ2v) is 4.96. The Morgan fingerprint density at radius 3 is 2.41 bits per heavy atom. The number of carbonyl (C=O) groups is 1. The van der Waals surface area contributed by atoms with Gasteiger partial charge in [0.05, 0.1) is 0 Å². The predicted octanol–water partition coefficient (Wildman–Crippen LogP) is 3.02. The highest BCUT2D eigenvalue weighted by atomic mass is 19.3. The van der Waals surface area contributed by atoms with Crippen molar-refractivity contribution in [3.8, 4) is 0 Å². The summed E-state index contributed by atoms with van der Waals surface area (Å²) in [7, 11) is 0. The summed E-state index contributed by atoms with van der Waals surface area (Å²) in [5.74, 6) is -0.311. The molecule has 0 aliphatic rings. The van der Waals surface area contributed by atoms with Crippen LogP contribution in [0.5, 0.6) is 0 Å². The average Bonchev–Trinajstić information content (AvgIpc) is 2.14. The van der Waals surface area contributed by atoms with E-state index in [1.165, 1.54) is 0 Å². The van der Waals surface area contributed by atoms with Crippen molar-refractivity contribution >= 4 is 5.91 Å². The van der Waals surface area contributed by atoms with E-state index >= 15 is 0 Å². The zero-order valence-electron chi connectivity index (χ0n) is 10.3. The van der Waals surface area contributed by atoms with Crippen LogP contribution in [0.2, 0.25) is 0 Å². The van der Waals surface area contributed by atoms with Crippen molar-refractivity contribution in [1.82, 2.24) is 5.32 Å². The first-order chi connectivity index (χ1) is 7.79. The number of benzene rings is 1. The summed E-state index contributed by atoms with van der Waals surface area (Å²) in [6, 6.07) is 6.46. The molecule has 2 nitrogen and oxygen atoms in total. The molecule has 1 aromatic rings. The summed E-state index contributed by atoms with van der Waals surface area (Å²) in [4.78, 5) is 11.9. The van der Waals surface area contributed by atoms with E-state index in [1.54, 1.807) is 24.3 Å². The van der Waals surface area contributed by atoms with E-state index < -0.39 is 12.8 Å². The fourth-order valence-corrected chi connectivity index (χ4v) is 1.49. The number of hydrogen-bond acceptors (Lipinski definition) is 1. The normalized spacial score (nSPS) is 11.6. The Balaban J connectivity index is 2.93. The number of halogens is 2. The van der Waals surface area contributed by atoms with E-state index in [2.05, 4.69) is 5.32 Å². The number of rotatable bonds is 3. The third-order valence-electron chi connectivity index (χ3n) is 2.12. The summed E-state index contributed by atoms with van der Waals surface area (Å²) in [5.41, 5.74) is 0.321. The fourth-order valence-electron chi connectivity index (χ4n) is 1.49. The van der Waals surface area contributed by atoms with Gasteiger partial charge in [-0.25, -0.2) is 8.78 Å². The first-order valence-corrected chi connectivity index (χ1v) is 5.48. The van der Waals surface area contributed by atoms with Crippen molar-refractivity contribution in [2.75, 3.05) is 0 Å². The van der Waals surface area contributed by atoms with Gasteiger partial charge in [0.25, 0.3) is 5.91 Å². The molecule has 0 radical (unpaired) electrons. The lowest BCUT2D eigenvalue weighted by Gasteiger charge is -2.21. The van der Waals surface area contributed by atoms with Crippen LogP contribution in [0.4, 0.5) is 8.78 Å². The van der Waals surface area contributed by atoms with Crippen molar-refractivity contribution < 1.29 is 13.6 Å². The molecule has 0 unspecified atom stereocenters. The second kappa shape index (κ2) is 5.25. The molecule has 0 heterocycles. The van der Waals surface area contributed by atoms with Crippen LogP contribution in [0.15, 0.2) is 24.3 Å². The molecule has 0 saturated carbocycles. The van der Waals surface area contributed by atoms with Crippen LogP contribution in [0, 0.1) is 0 Å². The summed E-state index contributed by atoms with van der Waals surface area (Å²) in [6.45, 7) is 5.54. The molecule has 1 aromatic carbocycles. The van der Waals surface area contributed by atoms with Crippen LogP contribution < -0.4 is 5.32 Å². The zero-order chi connectivity index (χ0) is 13.1. The molecule has 0 spiro atoms. The smallest absolute Gasteiger partial charge is 0.251 e. The molecule has 0 atom stereocenters. The minimum Gasteiger partial charge on any atom is -0.347 e. The Bertz CT molecular complexity index is 397. The Kier molecular flexibility index (Phi) is 4.21. The van der Waals surface area contributed by atoms with E-state index in [-0.39, 0.29) is 11.4 Å². The molecule has 1 amide bonds. The van der Waals surface area contributed by atoms with Crippen LogP contribution in [-0.2, 0) is 6.42 Å². The van der Waals surface area contributed by atoms with Gasteiger partial charge in [-0.1, -0.05) is 18.2 Å². The molecule has 1 N–H and O–H groups in total. The van der Waals surface area contributed by atoms with Crippen LogP contribution in [-0.4, -0.2) is 17.9 Å².